The van der Waals surface area contributed by atoms with E-state index in [1.807, 2.05) is 13.8 Å². The van der Waals surface area contributed by atoms with Crippen LogP contribution in [0.15, 0.2) is 18.2 Å². The lowest BCUT2D eigenvalue weighted by Crippen LogP contribution is -2.62. The predicted molar refractivity (Wildman–Crippen MR) is 126 cm³/mol. The number of methoxy groups -OCH3 is 1. The van der Waals surface area contributed by atoms with Gasteiger partial charge in [-0.3, -0.25) is 9.59 Å². The van der Waals surface area contributed by atoms with E-state index in [2.05, 4.69) is 13.8 Å². The molecule has 0 saturated carbocycles. The number of hydrogen-bond donors (Lipinski definition) is 2. The zero-order valence-corrected chi connectivity index (χ0v) is 20.4. The van der Waals surface area contributed by atoms with Gasteiger partial charge in [0.05, 0.1) is 7.11 Å². The molecule has 0 spiro atoms. The number of aliphatic hydroxyl groups is 2. The van der Waals surface area contributed by atoms with Crippen molar-refractivity contribution in [3.8, 4) is 11.5 Å². The number of benzene rings is 1. The number of rotatable bonds is 17. The quantitative estimate of drug-likeness (QED) is 0.325. The molecule has 1 aromatic carbocycles. The van der Waals surface area contributed by atoms with Crippen LogP contribution in [0.1, 0.15) is 89.4 Å². The summed E-state index contributed by atoms with van der Waals surface area (Å²) in [4.78, 5) is 23.9. The van der Waals surface area contributed by atoms with Gasteiger partial charge in [-0.05, 0) is 42.9 Å². The molecule has 0 saturated heterocycles. The summed E-state index contributed by atoms with van der Waals surface area (Å²) in [5.74, 6) is 0.0554. The smallest absolute Gasteiger partial charge is 0.215 e. The Morgan fingerprint density at radius 2 is 1.44 bits per heavy atom. The molecule has 4 atom stereocenters. The lowest BCUT2D eigenvalue weighted by atomic mass is 9.74. The number of hydrogen-bond acceptors (Lipinski definition) is 6. The second kappa shape index (κ2) is 14.3. The van der Waals surface area contributed by atoms with Gasteiger partial charge in [0.1, 0.15) is 18.5 Å². The Hall–Kier alpha value is -1.92. The third kappa shape index (κ3) is 6.79. The molecule has 0 amide bonds. The maximum absolute atomic E-state index is 12.7. The van der Waals surface area contributed by atoms with Gasteiger partial charge in [-0.15, -0.1) is 0 Å². The molecule has 6 nitrogen and oxygen atoms in total. The van der Waals surface area contributed by atoms with Gasteiger partial charge < -0.3 is 19.7 Å². The van der Waals surface area contributed by atoms with Crippen LogP contribution in [0.5, 0.6) is 11.5 Å². The fourth-order valence-electron chi connectivity index (χ4n) is 4.33. The molecule has 0 bridgehead atoms. The van der Waals surface area contributed by atoms with Crippen LogP contribution < -0.4 is 9.47 Å². The number of aliphatic hydroxyl groups excluding tert-OH is 2. The molecule has 1 aromatic rings. The van der Waals surface area contributed by atoms with Crippen molar-refractivity contribution >= 4 is 12.6 Å². The SMILES string of the molecule is CCCCC(CC)C(O)C(C=O)(Oc1ccc(C=O)cc1OC)C(O)C(CC)CCCC. The molecule has 182 valence electrons. The molecular weight excluding hydrogens is 408 g/mol. The Balaban J connectivity index is 3.52. The fraction of sp³-hybridized carbons (Fsp3) is 0.692. The molecule has 0 aliphatic heterocycles. The van der Waals surface area contributed by atoms with E-state index in [-0.39, 0.29) is 23.3 Å². The van der Waals surface area contributed by atoms with Crippen molar-refractivity contribution in [2.45, 2.75) is 96.9 Å². The van der Waals surface area contributed by atoms with Crippen molar-refractivity contribution in [1.82, 2.24) is 0 Å². The molecule has 4 unspecified atom stereocenters. The lowest BCUT2D eigenvalue weighted by Gasteiger charge is -2.43. The number of carbonyl (C=O) groups is 2. The third-order valence-corrected chi connectivity index (χ3v) is 6.52. The van der Waals surface area contributed by atoms with Crippen LogP contribution >= 0.6 is 0 Å². The van der Waals surface area contributed by atoms with Crippen molar-refractivity contribution in [3.05, 3.63) is 23.8 Å². The molecule has 0 aliphatic rings. The van der Waals surface area contributed by atoms with Crippen LogP contribution in [0.25, 0.3) is 0 Å². The summed E-state index contributed by atoms with van der Waals surface area (Å²) < 4.78 is 11.6. The molecule has 6 heteroatoms. The molecular formula is C26H42O6. The molecule has 1 rings (SSSR count). The molecule has 2 N–H and O–H groups in total. The van der Waals surface area contributed by atoms with Crippen LogP contribution in [-0.4, -0.2) is 47.7 Å². The Bertz CT molecular complexity index is 667. The van der Waals surface area contributed by atoms with Crippen molar-refractivity contribution in [1.29, 1.82) is 0 Å². The topological polar surface area (TPSA) is 93.1 Å². The highest BCUT2D eigenvalue weighted by Gasteiger charge is 2.52. The largest absolute Gasteiger partial charge is 0.493 e. The van der Waals surface area contributed by atoms with Crippen LogP contribution in [0.3, 0.4) is 0 Å². The molecule has 0 aromatic heterocycles. The summed E-state index contributed by atoms with van der Waals surface area (Å²) in [6.45, 7) is 8.10. The van der Waals surface area contributed by atoms with Crippen LogP contribution in [0, 0.1) is 11.8 Å². The summed E-state index contributed by atoms with van der Waals surface area (Å²) in [6, 6.07) is 4.61. The maximum atomic E-state index is 12.7. The standard InChI is InChI=1S/C26H42O6/c1-6-10-12-20(8-3)24(29)26(18-28,25(30)21(9-4)13-11-7-2)32-22-15-14-19(17-27)16-23(22)31-5/h14-18,20-21,24-25,29-30H,6-13H2,1-5H3. The van der Waals surface area contributed by atoms with Gasteiger partial charge in [0.15, 0.2) is 17.8 Å². The first kappa shape index (κ1) is 28.1. The highest BCUT2D eigenvalue weighted by Crippen LogP contribution is 2.39. The average molecular weight is 451 g/mol. The highest BCUT2D eigenvalue weighted by molar-refractivity contribution is 5.76. The Morgan fingerprint density at radius 1 is 0.906 bits per heavy atom. The van der Waals surface area contributed by atoms with Crippen molar-refractivity contribution in [2.75, 3.05) is 7.11 Å². The van der Waals surface area contributed by atoms with E-state index in [1.54, 1.807) is 12.1 Å². The molecule has 0 aliphatic carbocycles. The van der Waals surface area contributed by atoms with Gasteiger partial charge in [0.25, 0.3) is 0 Å². The predicted octanol–water partition coefficient (Wildman–Crippen LogP) is 4.98. The van der Waals surface area contributed by atoms with E-state index >= 15 is 0 Å². The normalized spacial score (nSPS) is 17.0. The summed E-state index contributed by atoms with van der Waals surface area (Å²) in [6.07, 6.45) is 5.38. The minimum Gasteiger partial charge on any atom is -0.493 e. The first-order chi connectivity index (χ1) is 15.4. The van der Waals surface area contributed by atoms with Gasteiger partial charge in [-0.1, -0.05) is 66.2 Å². The van der Waals surface area contributed by atoms with Crippen molar-refractivity contribution < 1.29 is 29.3 Å². The summed E-state index contributed by atoms with van der Waals surface area (Å²) >= 11 is 0. The third-order valence-electron chi connectivity index (χ3n) is 6.52. The van der Waals surface area contributed by atoms with Gasteiger partial charge in [-0.2, -0.15) is 0 Å². The van der Waals surface area contributed by atoms with Gasteiger partial charge in [0.2, 0.25) is 5.60 Å². The minimum absolute atomic E-state index is 0.207. The molecule has 0 radical (unpaired) electrons. The Kier molecular flexibility index (Phi) is 12.5. The van der Waals surface area contributed by atoms with E-state index in [1.165, 1.54) is 13.2 Å². The van der Waals surface area contributed by atoms with Crippen molar-refractivity contribution in [2.24, 2.45) is 11.8 Å². The van der Waals surface area contributed by atoms with Gasteiger partial charge >= 0.3 is 0 Å². The summed E-state index contributed by atoms with van der Waals surface area (Å²) in [5, 5.41) is 23.0. The average Bonchev–Trinajstić information content (AvgIpc) is 2.83. The first-order valence-electron chi connectivity index (χ1n) is 12.0. The minimum atomic E-state index is -1.85. The first-order valence-corrected chi connectivity index (χ1v) is 12.0. The van der Waals surface area contributed by atoms with Gasteiger partial charge in [0, 0.05) is 5.56 Å². The van der Waals surface area contributed by atoms with E-state index in [0.29, 0.717) is 31.0 Å². The van der Waals surface area contributed by atoms with Gasteiger partial charge in [-0.25, -0.2) is 0 Å². The fourth-order valence-corrected chi connectivity index (χ4v) is 4.33. The van der Waals surface area contributed by atoms with Crippen LogP contribution in [-0.2, 0) is 4.79 Å². The zero-order chi connectivity index (χ0) is 24.1. The van der Waals surface area contributed by atoms with Crippen LogP contribution in [0.2, 0.25) is 0 Å². The number of ether oxygens (including phenoxy) is 2. The monoisotopic (exact) mass is 450 g/mol. The second-order valence-corrected chi connectivity index (χ2v) is 8.61. The Labute approximate surface area is 193 Å². The van der Waals surface area contributed by atoms with E-state index in [4.69, 9.17) is 9.47 Å². The summed E-state index contributed by atoms with van der Waals surface area (Å²) in [7, 11) is 1.44. The van der Waals surface area contributed by atoms with Crippen LogP contribution in [0.4, 0.5) is 0 Å². The second-order valence-electron chi connectivity index (χ2n) is 8.61. The Morgan fingerprint density at radius 3 is 1.81 bits per heavy atom. The van der Waals surface area contributed by atoms with Crippen molar-refractivity contribution in [3.63, 3.8) is 0 Å². The number of carbonyl (C=O) groups excluding carboxylic acids is 2. The summed E-state index contributed by atoms with van der Waals surface area (Å²) in [5.41, 5.74) is -1.45. The van der Waals surface area contributed by atoms with E-state index in [9.17, 15) is 19.8 Å². The lowest BCUT2D eigenvalue weighted by molar-refractivity contribution is -0.169. The molecule has 0 fully saturated rings. The highest BCUT2D eigenvalue weighted by atomic mass is 16.6. The maximum Gasteiger partial charge on any atom is 0.215 e. The zero-order valence-electron chi connectivity index (χ0n) is 20.4. The number of aldehydes is 2. The van der Waals surface area contributed by atoms with E-state index in [0.717, 1.165) is 38.5 Å². The molecule has 0 heterocycles. The van der Waals surface area contributed by atoms with E-state index < -0.39 is 17.8 Å². The number of unbranched alkanes of at least 4 members (excludes halogenated alkanes) is 2. The molecule has 32 heavy (non-hydrogen) atoms.